The largest absolute Gasteiger partial charge is 0.137 e. The second-order valence-corrected chi connectivity index (χ2v) is 4.45. The van der Waals surface area contributed by atoms with Gasteiger partial charge in [0.05, 0.1) is 3.79 Å². The van der Waals surface area contributed by atoms with Crippen LogP contribution < -0.4 is 0 Å². The molecule has 1 aromatic heterocycles. The van der Waals surface area contributed by atoms with Crippen molar-refractivity contribution >= 4 is 49.9 Å². The standard InChI is InChI=1S/C5H4BrIS/c6-5-1-4(2-7)3-8-5/h1,3H,2H2. The molecule has 0 spiro atoms. The van der Waals surface area contributed by atoms with Gasteiger partial charge in [-0.15, -0.1) is 11.3 Å². The highest BCUT2D eigenvalue weighted by atomic mass is 127. The summed E-state index contributed by atoms with van der Waals surface area (Å²) in [6.07, 6.45) is 0. The number of hydrogen-bond donors (Lipinski definition) is 0. The molecular weight excluding hydrogens is 299 g/mol. The maximum Gasteiger partial charge on any atom is 0.0701 e. The summed E-state index contributed by atoms with van der Waals surface area (Å²) in [4.78, 5) is 0. The van der Waals surface area contributed by atoms with Crippen molar-refractivity contribution in [3.05, 3.63) is 20.8 Å². The predicted molar refractivity (Wildman–Crippen MR) is 49.7 cm³/mol. The fourth-order valence-electron chi connectivity index (χ4n) is 0.416. The summed E-state index contributed by atoms with van der Waals surface area (Å²) in [7, 11) is 0. The van der Waals surface area contributed by atoms with Crippen LogP contribution in [-0.2, 0) is 4.43 Å². The molecule has 1 aromatic rings. The zero-order valence-electron chi connectivity index (χ0n) is 4.03. The molecule has 0 bridgehead atoms. The highest BCUT2D eigenvalue weighted by molar-refractivity contribution is 14.1. The van der Waals surface area contributed by atoms with E-state index in [1.807, 2.05) is 0 Å². The van der Waals surface area contributed by atoms with Gasteiger partial charge in [-0.2, -0.15) is 0 Å². The highest BCUT2D eigenvalue weighted by Crippen LogP contribution is 2.21. The van der Waals surface area contributed by atoms with E-state index < -0.39 is 0 Å². The molecule has 0 aliphatic heterocycles. The number of hydrogen-bond acceptors (Lipinski definition) is 1. The van der Waals surface area contributed by atoms with Gasteiger partial charge in [-0.3, -0.25) is 0 Å². The van der Waals surface area contributed by atoms with E-state index in [2.05, 4.69) is 50.0 Å². The molecule has 0 N–H and O–H groups in total. The van der Waals surface area contributed by atoms with Crippen LogP contribution in [-0.4, -0.2) is 0 Å². The lowest BCUT2D eigenvalue weighted by atomic mass is 10.4. The van der Waals surface area contributed by atoms with Gasteiger partial charge in [0, 0.05) is 4.43 Å². The van der Waals surface area contributed by atoms with Gasteiger partial charge < -0.3 is 0 Å². The highest BCUT2D eigenvalue weighted by Gasteiger charge is 1.91. The SMILES string of the molecule is Brc1cc(CI)cs1. The first-order chi connectivity index (χ1) is 3.83. The Bertz CT molecular complexity index is 173. The number of thiophene rings is 1. The molecule has 0 aliphatic carbocycles. The molecule has 0 saturated carbocycles. The number of halogens is 2. The van der Waals surface area contributed by atoms with E-state index in [0.717, 1.165) is 4.43 Å². The molecule has 0 aliphatic rings. The van der Waals surface area contributed by atoms with Gasteiger partial charge in [0.25, 0.3) is 0 Å². The van der Waals surface area contributed by atoms with Gasteiger partial charge in [-0.05, 0) is 32.9 Å². The summed E-state index contributed by atoms with van der Waals surface area (Å²) in [6.45, 7) is 0. The summed E-state index contributed by atoms with van der Waals surface area (Å²) >= 11 is 7.48. The second-order valence-electron chi connectivity index (χ2n) is 1.39. The van der Waals surface area contributed by atoms with Gasteiger partial charge in [-0.1, -0.05) is 22.6 Å². The van der Waals surface area contributed by atoms with E-state index in [9.17, 15) is 0 Å². The molecule has 0 unspecified atom stereocenters. The van der Waals surface area contributed by atoms with Crippen molar-refractivity contribution in [2.24, 2.45) is 0 Å². The fraction of sp³-hybridized carbons (Fsp3) is 0.200. The van der Waals surface area contributed by atoms with Crippen LogP contribution in [0.5, 0.6) is 0 Å². The van der Waals surface area contributed by atoms with Crippen LogP contribution in [0.2, 0.25) is 0 Å². The van der Waals surface area contributed by atoms with Crippen LogP contribution in [0.15, 0.2) is 15.2 Å². The number of alkyl halides is 1. The fourth-order valence-corrected chi connectivity index (χ4v) is 2.36. The lowest BCUT2D eigenvalue weighted by Crippen LogP contribution is -1.62. The molecule has 0 saturated heterocycles. The van der Waals surface area contributed by atoms with Crippen molar-refractivity contribution in [2.45, 2.75) is 4.43 Å². The van der Waals surface area contributed by atoms with Gasteiger partial charge in [0.1, 0.15) is 0 Å². The van der Waals surface area contributed by atoms with Crippen LogP contribution >= 0.6 is 49.9 Å². The minimum absolute atomic E-state index is 1.11. The molecule has 3 heteroatoms. The van der Waals surface area contributed by atoms with Crippen molar-refractivity contribution in [2.75, 3.05) is 0 Å². The van der Waals surface area contributed by atoms with Crippen LogP contribution in [0, 0.1) is 0 Å². The topological polar surface area (TPSA) is 0 Å². The maximum atomic E-state index is 3.39. The summed E-state index contributed by atoms with van der Waals surface area (Å²) in [5.41, 5.74) is 1.41. The predicted octanol–water partition coefficient (Wildman–Crippen LogP) is 3.45. The van der Waals surface area contributed by atoms with E-state index in [1.54, 1.807) is 11.3 Å². The Kier molecular flexibility index (Phi) is 2.79. The smallest absolute Gasteiger partial charge is 0.0701 e. The molecular formula is C5H4BrIS. The van der Waals surface area contributed by atoms with Crippen molar-refractivity contribution in [1.29, 1.82) is 0 Å². The Morgan fingerprint density at radius 3 is 2.75 bits per heavy atom. The van der Waals surface area contributed by atoms with E-state index in [1.165, 1.54) is 9.35 Å². The average molecular weight is 303 g/mol. The lowest BCUT2D eigenvalue weighted by molar-refractivity contribution is 1.53. The summed E-state index contributed by atoms with van der Waals surface area (Å²) in [5, 5.41) is 2.16. The van der Waals surface area contributed by atoms with Gasteiger partial charge in [0.15, 0.2) is 0 Å². The average Bonchev–Trinajstić information content (AvgIpc) is 2.14. The third-order valence-corrected chi connectivity index (χ3v) is 3.21. The summed E-state index contributed by atoms with van der Waals surface area (Å²) in [5.74, 6) is 0. The molecule has 0 radical (unpaired) electrons. The monoisotopic (exact) mass is 302 g/mol. The molecule has 1 heterocycles. The maximum absolute atomic E-state index is 3.39. The van der Waals surface area contributed by atoms with E-state index >= 15 is 0 Å². The Labute approximate surface area is 74.6 Å². The van der Waals surface area contributed by atoms with Crippen LogP contribution in [0.25, 0.3) is 0 Å². The van der Waals surface area contributed by atoms with Crippen LogP contribution in [0.4, 0.5) is 0 Å². The first-order valence-electron chi connectivity index (χ1n) is 2.12. The molecule has 0 aromatic carbocycles. The molecule has 1 rings (SSSR count). The summed E-state index contributed by atoms with van der Waals surface area (Å²) in [6, 6.07) is 2.15. The molecule has 0 fully saturated rings. The molecule has 44 valence electrons. The van der Waals surface area contributed by atoms with Crippen molar-refractivity contribution < 1.29 is 0 Å². The van der Waals surface area contributed by atoms with E-state index in [-0.39, 0.29) is 0 Å². The normalized spacial score (nSPS) is 9.75. The molecule has 0 atom stereocenters. The minimum Gasteiger partial charge on any atom is -0.137 e. The van der Waals surface area contributed by atoms with Crippen molar-refractivity contribution in [1.82, 2.24) is 0 Å². The zero-order valence-corrected chi connectivity index (χ0v) is 8.59. The number of rotatable bonds is 1. The van der Waals surface area contributed by atoms with Crippen molar-refractivity contribution in [3.63, 3.8) is 0 Å². The van der Waals surface area contributed by atoms with Gasteiger partial charge in [0.2, 0.25) is 0 Å². The zero-order chi connectivity index (χ0) is 5.98. The summed E-state index contributed by atoms with van der Waals surface area (Å²) < 4.78 is 2.34. The van der Waals surface area contributed by atoms with Gasteiger partial charge in [-0.25, -0.2) is 0 Å². The molecule has 8 heavy (non-hydrogen) atoms. The van der Waals surface area contributed by atoms with Crippen LogP contribution in [0.1, 0.15) is 5.56 Å². The quantitative estimate of drug-likeness (QED) is 0.551. The van der Waals surface area contributed by atoms with Gasteiger partial charge >= 0.3 is 0 Å². The second kappa shape index (κ2) is 3.17. The molecule has 0 nitrogen and oxygen atoms in total. The Balaban J connectivity index is 2.84. The lowest BCUT2D eigenvalue weighted by Gasteiger charge is -1.78. The Morgan fingerprint density at radius 2 is 2.50 bits per heavy atom. The Hall–Kier alpha value is 0.910. The third-order valence-electron chi connectivity index (χ3n) is 0.776. The first-order valence-corrected chi connectivity index (χ1v) is 5.31. The van der Waals surface area contributed by atoms with Crippen LogP contribution in [0.3, 0.4) is 0 Å². The Morgan fingerprint density at radius 1 is 1.75 bits per heavy atom. The first kappa shape index (κ1) is 7.02. The third kappa shape index (κ3) is 1.70. The van der Waals surface area contributed by atoms with Crippen molar-refractivity contribution in [3.8, 4) is 0 Å². The molecule has 0 amide bonds. The van der Waals surface area contributed by atoms with E-state index in [0.29, 0.717) is 0 Å². The minimum atomic E-state index is 1.11. The van der Waals surface area contributed by atoms with E-state index in [4.69, 9.17) is 0 Å².